The fourth-order valence-corrected chi connectivity index (χ4v) is 2.39. The van der Waals surface area contributed by atoms with Gasteiger partial charge in [-0.05, 0) is 17.7 Å². The highest BCUT2D eigenvalue weighted by Crippen LogP contribution is 2.30. The number of benzene rings is 1. The summed E-state index contributed by atoms with van der Waals surface area (Å²) >= 11 is 11.9. The lowest BCUT2D eigenvalue weighted by Crippen LogP contribution is -2.27. The number of hydrogen-bond donors (Lipinski definition) is 2. The molecular weight excluding hydrogens is 219 g/mol. The molecule has 4 heteroatoms. The second-order valence-electron chi connectivity index (χ2n) is 3.59. The standard InChI is InChI=1S/C10H12Cl2N2/c11-6-1-2-7(9(12)3-6)8-4-14-5-10(8)13/h1-3,8,10,14H,4-5,13H2. The largest absolute Gasteiger partial charge is 0.326 e. The van der Waals surface area contributed by atoms with E-state index >= 15 is 0 Å². The van der Waals surface area contributed by atoms with E-state index in [0.717, 1.165) is 18.7 Å². The molecule has 76 valence electrons. The second-order valence-corrected chi connectivity index (χ2v) is 4.44. The fourth-order valence-electron chi connectivity index (χ4n) is 1.84. The Balaban J connectivity index is 2.31. The van der Waals surface area contributed by atoms with E-state index in [-0.39, 0.29) is 6.04 Å². The summed E-state index contributed by atoms with van der Waals surface area (Å²) in [7, 11) is 0. The molecule has 0 saturated carbocycles. The van der Waals surface area contributed by atoms with E-state index in [2.05, 4.69) is 5.32 Å². The third-order valence-electron chi connectivity index (χ3n) is 2.62. The van der Waals surface area contributed by atoms with Gasteiger partial charge in [-0.1, -0.05) is 29.3 Å². The Morgan fingerprint density at radius 1 is 1.29 bits per heavy atom. The Morgan fingerprint density at radius 2 is 2.07 bits per heavy atom. The van der Waals surface area contributed by atoms with Crippen molar-refractivity contribution in [2.45, 2.75) is 12.0 Å². The fraction of sp³-hybridized carbons (Fsp3) is 0.400. The van der Waals surface area contributed by atoms with Crippen LogP contribution in [-0.4, -0.2) is 19.1 Å². The Kier molecular flexibility index (Phi) is 2.98. The van der Waals surface area contributed by atoms with E-state index in [1.807, 2.05) is 12.1 Å². The molecule has 0 amide bonds. The molecule has 0 radical (unpaired) electrons. The van der Waals surface area contributed by atoms with Crippen LogP contribution in [0.3, 0.4) is 0 Å². The molecule has 1 aliphatic heterocycles. The SMILES string of the molecule is NC1CNCC1c1ccc(Cl)cc1Cl. The van der Waals surface area contributed by atoms with Crippen LogP contribution in [-0.2, 0) is 0 Å². The lowest BCUT2D eigenvalue weighted by atomic mass is 9.95. The predicted octanol–water partition coefficient (Wildman–Crippen LogP) is 2.01. The Morgan fingerprint density at radius 3 is 2.64 bits per heavy atom. The van der Waals surface area contributed by atoms with Gasteiger partial charge >= 0.3 is 0 Å². The van der Waals surface area contributed by atoms with Gasteiger partial charge in [0.25, 0.3) is 0 Å². The average Bonchev–Trinajstić information content (AvgIpc) is 2.52. The van der Waals surface area contributed by atoms with E-state index in [1.165, 1.54) is 0 Å². The molecule has 0 bridgehead atoms. The molecule has 2 unspecified atom stereocenters. The molecule has 0 spiro atoms. The average molecular weight is 231 g/mol. The van der Waals surface area contributed by atoms with Crippen LogP contribution in [0.4, 0.5) is 0 Å². The summed E-state index contributed by atoms with van der Waals surface area (Å²) in [6.07, 6.45) is 0. The van der Waals surface area contributed by atoms with Crippen LogP contribution in [0, 0.1) is 0 Å². The van der Waals surface area contributed by atoms with Crippen molar-refractivity contribution < 1.29 is 0 Å². The second kappa shape index (κ2) is 4.07. The highest BCUT2D eigenvalue weighted by Gasteiger charge is 2.26. The maximum atomic E-state index is 6.11. The van der Waals surface area contributed by atoms with Crippen LogP contribution < -0.4 is 11.1 Å². The third-order valence-corrected chi connectivity index (χ3v) is 3.19. The van der Waals surface area contributed by atoms with Gasteiger partial charge in [-0.2, -0.15) is 0 Å². The predicted molar refractivity (Wildman–Crippen MR) is 60.0 cm³/mol. The molecule has 1 aliphatic rings. The lowest BCUT2D eigenvalue weighted by Gasteiger charge is -2.16. The summed E-state index contributed by atoms with van der Waals surface area (Å²) in [6.45, 7) is 1.74. The van der Waals surface area contributed by atoms with Gasteiger partial charge in [-0.15, -0.1) is 0 Å². The van der Waals surface area contributed by atoms with Crippen molar-refractivity contribution in [1.29, 1.82) is 0 Å². The molecule has 3 N–H and O–H groups in total. The monoisotopic (exact) mass is 230 g/mol. The van der Waals surface area contributed by atoms with Crippen molar-refractivity contribution in [3.63, 3.8) is 0 Å². The van der Waals surface area contributed by atoms with E-state index in [9.17, 15) is 0 Å². The van der Waals surface area contributed by atoms with Crippen LogP contribution in [0.5, 0.6) is 0 Å². The zero-order valence-electron chi connectivity index (χ0n) is 7.63. The Bertz CT molecular complexity index is 341. The van der Waals surface area contributed by atoms with Crippen LogP contribution in [0.1, 0.15) is 11.5 Å². The van der Waals surface area contributed by atoms with Crippen molar-refractivity contribution in [2.75, 3.05) is 13.1 Å². The van der Waals surface area contributed by atoms with Crippen molar-refractivity contribution in [2.24, 2.45) is 5.73 Å². The number of hydrogen-bond acceptors (Lipinski definition) is 2. The van der Waals surface area contributed by atoms with E-state index < -0.39 is 0 Å². The summed E-state index contributed by atoms with van der Waals surface area (Å²) in [5.41, 5.74) is 7.06. The van der Waals surface area contributed by atoms with Crippen molar-refractivity contribution in [3.05, 3.63) is 33.8 Å². The molecule has 0 aliphatic carbocycles. The third kappa shape index (κ3) is 1.89. The quantitative estimate of drug-likeness (QED) is 0.775. The molecule has 14 heavy (non-hydrogen) atoms. The van der Waals surface area contributed by atoms with Gasteiger partial charge in [-0.25, -0.2) is 0 Å². The zero-order valence-corrected chi connectivity index (χ0v) is 9.15. The van der Waals surface area contributed by atoms with E-state index in [0.29, 0.717) is 16.0 Å². The lowest BCUT2D eigenvalue weighted by molar-refractivity contribution is 0.653. The van der Waals surface area contributed by atoms with E-state index in [1.54, 1.807) is 6.07 Å². The maximum Gasteiger partial charge on any atom is 0.0456 e. The molecule has 2 atom stereocenters. The van der Waals surface area contributed by atoms with Crippen LogP contribution in [0.15, 0.2) is 18.2 Å². The van der Waals surface area contributed by atoms with Gasteiger partial charge in [0.2, 0.25) is 0 Å². The van der Waals surface area contributed by atoms with Gasteiger partial charge < -0.3 is 11.1 Å². The van der Waals surface area contributed by atoms with Gasteiger partial charge in [0, 0.05) is 35.1 Å². The van der Waals surface area contributed by atoms with Crippen molar-refractivity contribution in [1.82, 2.24) is 5.32 Å². The highest BCUT2D eigenvalue weighted by atomic mass is 35.5. The van der Waals surface area contributed by atoms with Crippen molar-refractivity contribution >= 4 is 23.2 Å². The molecule has 2 nitrogen and oxygen atoms in total. The number of nitrogens with one attached hydrogen (secondary N) is 1. The normalized spacial score (nSPS) is 26.8. The van der Waals surface area contributed by atoms with Gasteiger partial charge in [0.05, 0.1) is 0 Å². The first-order valence-electron chi connectivity index (χ1n) is 4.59. The Hall–Kier alpha value is -0.280. The first-order chi connectivity index (χ1) is 6.68. The summed E-state index contributed by atoms with van der Waals surface area (Å²) in [6, 6.07) is 5.73. The van der Waals surface area contributed by atoms with Gasteiger partial charge in [-0.3, -0.25) is 0 Å². The smallest absolute Gasteiger partial charge is 0.0456 e. The van der Waals surface area contributed by atoms with Crippen molar-refractivity contribution in [3.8, 4) is 0 Å². The molecule has 1 saturated heterocycles. The summed E-state index contributed by atoms with van der Waals surface area (Å²) < 4.78 is 0. The minimum absolute atomic E-state index is 0.147. The highest BCUT2D eigenvalue weighted by molar-refractivity contribution is 6.35. The van der Waals surface area contributed by atoms with Crippen LogP contribution in [0.2, 0.25) is 10.0 Å². The Labute approximate surface area is 93.4 Å². The van der Waals surface area contributed by atoms with Gasteiger partial charge in [0.15, 0.2) is 0 Å². The summed E-state index contributed by atoms with van der Waals surface area (Å²) in [4.78, 5) is 0. The summed E-state index contributed by atoms with van der Waals surface area (Å²) in [5.74, 6) is 0.305. The van der Waals surface area contributed by atoms with Crippen LogP contribution in [0.25, 0.3) is 0 Å². The molecule has 1 fully saturated rings. The molecule has 1 heterocycles. The molecule has 1 aromatic carbocycles. The molecule has 1 aromatic rings. The molecular formula is C10H12Cl2N2. The first-order valence-corrected chi connectivity index (χ1v) is 5.35. The number of nitrogens with two attached hydrogens (primary N) is 1. The molecule has 0 aromatic heterocycles. The maximum absolute atomic E-state index is 6.11. The van der Waals surface area contributed by atoms with Gasteiger partial charge in [0.1, 0.15) is 0 Å². The minimum Gasteiger partial charge on any atom is -0.326 e. The summed E-state index contributed by atoms with van der Waals surface area (Å²) in [5, 5.41) is 4.62. The topological polar surface area (TPSA) is 38.0 Å². The van der Waals surface area contributed by atoms with E-state index in [4.69, 9.17) is 28.9 Å². The minimum atomic E-state index is 0.147. The van der Waals surface area contributed by atoms with Crippen LogP contribution >= 0.6 is 23.2 Å². The number of halogens is 2. The first kappa shape index (κ1) is 10.2. The zero-order chi connectivity index (χ0) is 10.1. The number of rotatable bonds is 1. The molecule has 2 rings (SSSR count).